The smallest absolute Gasteiger partial charge is 0.130 e. The average Bonchev–Trinajstić information content (AvgIpc) is 2.76. The molecule has 0 aliphatic rings. The summed E-state index contributed by atoms with van der Waals surface area (Å²) in [7, 11) is -4.54. The highest BCUT2D eigenvalue weighted by atomic mass is 32.2. The summed E-state index contributed by atoms with van der Waals surface area (Å²) in [5.41, 5.74) is 0.437. The molecule has 1 aromatic heterocycles. The van der Waals surface area contributed by atoms with Gasteiger partial charge in [-0.15, -0.1) is 0 Å². The second kappa shape index (κ2) is 6.92. The van der Waals surface area contributed by atoms with E-state index in [0.29, 0.717) is 5.69 Å². The molecule has 1 rings (SSSR count). The predicted octanol–water partition coefficient (Wildman–Crippen LogP) is 1.01. The van der Waals surface area contributed by atoms with Gasteiger partial charge >= 0.3 is 0 Å². The summed E-state index contributed by atoms with van der Waals surface area (Å²) >= 11 is 0. The van der Waals surface area contributed by atoms with E-state index < -0.39 is 20.9 Å². The van der Waals surface area contributed by atoms with Crippen molar-refractivity contribution in [3.8, 4) is 18.0 Å². The van der Waals surface area contributed by atoms with Gasteiger partial charge in [0.1, 0.15) is 27.8 Å². The van der Waals surface area contributed by atoms with Crippen LogP contribution in [0.3, 0.4) is 0 Å². The zero-order valence-corrected chi connectivity index (χ0v) is 13.4. The minimum atomic E-state index is -4.54. The summed E-state index contributed by atoms with van der Waals surface area (Å²) in [5, 5.41) is 33.7. The molecule has 0 saturated carbocycles. The van der Waals surface area contributed by atoms with Crippen molar-refractivity contribution in [3.05, 3.63) is 33.9 Å². The second-order valence-corrected chi connectivity index (χ2v) is 6.09. The van der Waals surface area contributed by atoms with E-state index in [2.05, 4.69) is 5.10 Å². The van der Waals surface area contributed by atoms with Crippen molar-refractivity contribution in [1.82, 2.24) is 9.78 Å². The molecule has 0 saturated heterocycles. The molecule has 0 unspecified atom stereocenters. The monoisotopic (exact) mass is 332 g/mol. The van der Waals surface area contributed by atoms with E-state index in [1.165, 1.54) is 19.9 Å². The fraction of sp³-hybridized carbons (Fsp3) is 0.214. The normalized spacial score (nSPS) is 12.4. The molecule has 1 aromatic rings. The summed E-state index contributed by atoms with van der Waals surface area (Å²) < 4.78 is 33.4. The molecule has 0 spiro atoms. The fourth-order valence-electron chi connectivity index (χ4n) is 1.55. The summed E-state index contributed by atoms with van der Waals surface area (Å²) in [4.78, 5) is -0.399. The Morgan fingerprint density at radius 1 is 1.26 bits per heavy atom. The second-order valence-electron chi connectivity index (χ2n) is 4.54. The van der Waals surface area contributed by atoms with Crippen molar-refractivity contribution in [3.63, 3.8) is 0 Å². The minimum absolute atomic E-state index is 0.0907. The van der Waals surface area contributed by atoms with Crippen LogP contribution in [0.1, 0.15) is 25.1 Å². The van der Waals surface area contributed by atoms with E-state index in [1.54, 1.807) is 12.1 Å². The SMILES string of the molecule is C/C(=C\C=C(/C)S(=O)(=O)[O-])n1nc(C)c(C=C(C#N)C#N)c1[O-]. The molecule has 120 valence electrons. The summed E-state index contributed by atoms with van der Waals surface area (Å²) in [6.07, 6.45) is 3.47. The molecule has 1 heterocycles. The molecular weight excluding hydrogens is 320 g/mol. The Balaban J connectivity index is 3.36. The zero-order valence-electron chi connectivity index (χ0n) is 12.6. The lowest BCUT2D eigenvalue weighted by Gasteiger charge is -2.12. The topological polar surface area (TPSA) is 146 Å². The van der Waals surface area contributed by atoms with Crippen molar-refractivity contribution in [1.29, 1.82) is 10.5 Å². The van der Waals surface area contributed by atoms with Crippen LogP contribution >= 0.6 is 0 Å². The first-order valence-corrected chi connectivity index (χ1v) is 7.62. The quantitative estimate of drug-likeness (QED) is 0.454. The standard InChI is InChI=1S/C14H14N4O4S/c1-9(4-5-10(2)23(20,21)22)18-14(19)13(11(3)17-18)6-12(7-15)8-16/h4-6,19H,1-3H3,(H,20,21,22)/p-2/b9-4+,10-5+. The highest BCUT2D eigenvalue weighted by Crippen LogP contribution is 2.24. The van der Waals surface area contributed by atoms with Crippen LogP contribution in [0.2, 0.25) is 0 Å². The summed E-state index contributed by atoms with van der Waals surface area (Å²) in [6.45, 7) is 4.17. The number of hydrogen-bond acceptors (Lipinski definition) is 7. The number of aromatic nitrogens is 2. The Morgan fingerprint density at radius 2 is 1.83 bits per heavy atom. The van der Waals surface area contributed by atoms with Crippen LogP contribution in [0.4, 0.5) is 0 Å². The molecule has 8 nitrogen and oxygen atoms in total. The van der Waals surface area contributed by atoms with Gasteiger partial charge < -0.3 is 9.66 Å². The van der Waals surface area contributed by atoms with Gasteiger partial charge in [-0.2, -0.15) is 15.6 Å². The fourth-order valence-corrected chi connectivity index (χ4v) is 1.78. The molecule has 0 fully saturated rings. The zero-order chi connectivity index (χ0) is 17.8. The number of aryl methyl sites for hydroxylation is 1. The maximum atomic E-state index is 12.2. The van der Waals surface area contributed by atoms with Gasteiger partial charge in [0.05, 0.1) is 5.69 Å². The number of nitriles is 2. The van der Waals surface area contributed by atoms with Crippen LogP contribution in [-0.2, 0) is 10.1 Å². The Kier molecular flexibility index (Phi) is 5.47. The van der Waals surface area contributed by atoms with E-state index in [1.807, 2.05) is 0 Å². The Hall–Kier alpha value is -2.88. The van der Waals surface area contributed by atoms with E-state index in [4.69, 9.17) is 10.5 Å². The van der Waals surface area contributed by atoms with Gasteiger partial charge in [-0.25, -0.2) is 8.42 Å². The van der Waals surface area contributed by atoms with E-state index in [9.17, 15) is 18.1 Å². The first-order chi connectivity index (χ1) is 10.6. The molecule has 0 N–H and O–H groups in total. The third-order valence-electron chi connectivity index (χ3n) is 2.88. The maximum Gasteiger partial charge on any atom is 0.130 e. The van der Waals surface area contributed by atoms with Gasteiger partial charge in [-0.05, 0) is 44.9 Å². The van der Waals surface area contributed by atoms with Crippen LogP contribution in [0.25, 0.3) is 11.8 Å². The predicted molar refractivity (Wildman–Crippen MR) is 79.0 cm³/mol. The Labute approximate surface area is 133 Å². The highest BCUT2D eigenvalue weighted by molar-refractivity contribution is 7.89. The van der Waals surface area contributed by atoms with Crippen molar-refractivity contribution in [2.75, 3.05) is 0 Å². The third-order valence-corrected chi connectivity index (χ3v) is 3.80. The largest absolute Gasteiger partial charge is 0.858 e. The third kappa shape index (κ3) is 4.30. The maximum absolute atomic E-state index is 12.2. The van der Waals surface area contributed by atoms with Gasteiger partial charge in [0.25, 0.3) is 0 Å². The lowest BCUT2D eigenvalue weighted by Crippen LogP contribution is -2.04. The van der Waals surface area contributed by atoms with E-state index in [0.717, 1.165) is 23.8 Å². The van der Waals surface area contributed by atoms with E-state index >= 15 is 0 Å². The Bertz CT molecular complexity index is 890. The van der Waals surface area contributed by atoms with E-state index in [-0.39, 0.29) is 16.8 Å². The van der Waals surface area contributed by atoms with Crippen LogP contribution in [0.15, 0.2) is 22.6 Å². The van der Waals surface area contributed by atoms with Gasteiger partial charge in [-0.1, -0.05) is 0 Å². The molecule has 0 aromatic carbocycles. The molecule has 0 radical (unpaired) electrons. The molecular formula is C14H12N4O4S-2. The molecule has 23 heavy (non-hydrogen) atoms. The summed E-state index contributed by atoms with van der Waals surface area (Å²) in [5.74, 6) is -0.560. The van der Waals surface area contributed by atoms with Crippen molar-refractivity contribution >= 4 is 21.9 Å². The number of hydrogen-bond donors (Lipinski definition) is 0. The molecule has 0 aliphatic carbocycles. The van der Waals surface area contributed by atoms with Gasteiger partial charge in [0, 0.05) is 16.2 Å². The van der Waals surface area contributed by atoms with Gasteiger partial charge in [0.2, 0.25) is 0 Å². The van der Waals surface area contributed by atoms with Gasteiger partial charge in [-0.3, -0.25) is 4.68 Å². The van der Waals surface area contributed by atoms with Gasteiger partial charge in [0.15, 0.2) is 0 Å². The summed E-state index contributed by atoms with van der Waals surface area (Å²) in [6, 6.07) is 3.30. The molecule has 0 aliphatic heterocycles. The lowest BCUT2D eigenvalue weighted by atomic mass is 10.2. The van der Waals surface area contributed by atoms with Crippen LogP contribution in [-0.4, -0.2) is 22.8 Å². The number of rotatable bonds is 4. The van der Waals surface area contributed by atoms with Crippen molar-refractivity contribution in [2.45, 2.75) is 20.8 Å². The van der Waals surface area contributed by atoms with Crippen LogP contribution in [0.5, 0.6) is 5.88 Å². The first-order valence-electron chi connectivity index (χ1n) is 6.21. The first kappa shape index (κ1) is 18.2. The highest BCUT2D eigenvalue weighted by Gasteiger charge is 2.08. The van der Waals surface area contributed by atoms with Crippen molar-refractivity contribution in [2.24, 2.45) is 0 Å². The average molecular weight is 332 g/mol. The number of nitrogens with zero attached hydrogens (tertiary/aromatic N) is 4. The lowest BCUT2D eigenvalue weighted by molar-refractivity contribution is -0.277. The minimum Gasteiger partial charge on any atom is -0.858 e. The van der Waals surface area contributed by atoms with Crippen molar-refractivity contribution < 1.29 is 18.1 Å². The molecule has 9 heteroatoms. The van der Waals surface area contributed by atoms with Crippen LogP contribution < -0.4 is 5.11 Å². The van der Waals surface area contributed by atoms with Crippen LogP contribution in [0, 0.1) is 29.6 Å². The Morgan fingerprint density at radius 3 is 2.30 bits per heavy atom. The number of allylic oxidation sites excluding steroid dienone is 5. The molecule has 0 bridgehead atoms. The molecule has 0 atom stereocenters. The molecule has 0 amide bonds.